The van der Waals surface area contributed by atoms with E-state index in [-0.39, 0.29) is 0 Å². The highest BCUT2D eigenvalue weighted by Gasteiger charge is 2.06. The highest BCUT2D eigenvalue weighted by atomic mass is 14.1. The number of aryl methyl sites for hydroxylation is 1. The Kier molecular flexibility index (Phi) is 3.13. The first-order valence-corrected chi connectivity index (χ1v) is 5.12. The molecule has 0 aliphatic carbocycles. The lowest BCUT2D eigenvalue weighted by Gasteiger charge is -2.13. The van der Waals surface area contributed by atoms with Crippen LogP contribution in [0.15, 0.2) is 18.2 Å². The van der Waals surface area contributed by atoms with Crippen LogP contribution in [-0.2, 0) is 0 Å². The van der Waals surface area contributed by atoms with E-state index in [0.29, 0.717) is 11.8 Å². The van der Waals surface area contributed by atoms with Crippen LogP contribution in [0.3, 0.4) is 0 Å². The molecule has 0 aliphatic heterocycles. The average molecular weight is 176 g/mol. The van der Waals surface area contributed by atoms with Gasteiger partial charge in [0, 0.05) is 0 Å². The minimum Gasteiger partial charge on any atom is -0.0588 e. The van der Waals surface area contributed by atoms with Crippen LogP contribution in [0.2, 0.25) is 0 Å². The van der Waals surface area contributed by atoms with Crippen LogP contribution in [0.4, 0.5) is 0 Å². The zero-order valence-electron chi connectivity index (χ0n) is 9.39. The van der Waals surface area contributed by atoms with Crippen LogP contribution in [0.25, 0.3) is 0 Å². The standard InChI is InChI=1S/C13H20/c1-9(2)12-7-6-11(5)13(8-12)10(3)4/h6-10H,1-5H3. The van der Waals surface area contributed by atoms with Gasteiger partial charge in [0.15, 0.2) is 0 Å². The Morgan fingerprint density at radius 3 is 2.00 bits per heavy atom. The van der Waals surface area contributed by atoms with Crippen LogP contribution in [0.5, 0.6) is 0 Å². The van der Waals surface area contributed by atoms with Crippen molar-refractivity contribution in [1.29, 1.82) is 0 Å². The van der Waals surface area contributed by atoms with Gasteiger partial charge in [-0.25, -0.2) is 0 Å². The molecule has 0 amide bonds. The molecule has 0 fully saturated rings. The molecular weight excluding hydrogens is 156 g/mol. The predicted molar refractivity (Wildman–Crippen MR) is 59.4 cm³/mol. The summed E-state index contributed by atoms with van der Waals surface area (Å²) in [6, 6.07) is 6.83. The van der Waals surface area contributed by atoms with E-state index in [1.165, 1.54) is 16.7 Å². The second-order valence-electron chi connectivity index (χ2n) is 4.43. The molecule has 0 nitrogen and oxygen atoms in total. The Morgan fingerprint density at radius 2 is 1.54 bits per heavy atom. The van der Waals surface area contributed by atoms with Crippen molar-refractivity contribution >= 4 is 0 Å². The highest BCUT2D eigenvalue weighted by Crippen LogP contribution is 2.23. The van der Waals surface area contributed by atoms with Crippen molar-refractivity contribution in [3.05, 3.63) is 34.9 Å². The van der Waals surface area contributed by atoms with Gasteiger partial charge in [0.1, 0.15) is 0 Å². The van der Waals surface area contributed by atoms with Crippen LogP contribution in [-0.4, -0.2) is 0 Å². The van der Waals surface area contributed by atoms with Crippen molar-refractivity contribution in [2.45, 2.75) is 46.5 Å². The summed E-state index contributed by atoms with van der Waals surface area (Å²) in [6.45, 7) is 11.2. The van der Waals surface area contributed by atoms with Gasteiger partial charge in [-0.1, -0.05) is 45.9 Å². The minimum absolute atomic E-state index is 0.637. The third-order valence-corrected chi connectivity index (χ3v) is 2.59. The molecule has 0 atom stereocenters. The monoisotopic (exact) mass is 176 g/mol. The third-order valence-electron chi connectivity index (χ3n) is 2.59. The quantitative estimate of drug-likeness (QED) is 0.632. The van der Waals surface area contributed by atoms with E-state index in [9.17, 15) is 0 Å². The van der Waals surface area contributed by atoms with Gasteiger partial charge >= 0.3 is 0 Å². The minimum atomic E-state index is 0.637. The van der Waals surface area contributed by atoms with Gasteiger partial charge in [-0.15, -0.1) is 0 Å². The molecule has 0 saturated carbocycles. The second-order valence-corrected chi connectivity index (χ2v) is 4.43. The SMILES string of the molecule is Cc1ccc(C(C)C)cc1C(C)C. The number of hydrogen-bond donors (Lipinski definition) is 0. The first kappa shape index (κ1) is 10.3. The van der Waals surface area contributed by atoms with Crippen molar-refractivity contribution in [1.82, 2.24) is 0 Å². The lowest BCUT2D eigenvalue weighted by Crippen LogP contribution is -1.95. The summed E-state index contributed by atoms with van der Waals surface area (Å²) < 4.78 is 0. The number of rotatable bonds is 2. The van der Waals surface area contributed by atoms with E-state index in [4.69, 9.17) is 0 Å². The van der Waals surface area contributed by atoms with Gasteiger partial charge in [-0.05, 0) is 35.4 Å². The van der Waals surface area contributed by atoms with Gasteiger partial charge in [-0.2, -0.15) is 0 Å². The zero-order valence-corrected chi connectivity index (χ0v) is 9.39. The Hall–Kier alpha value is -0.780. The number of benzene rings is 1. The van der Waals surface area contributed by atoms with Crippen molar-refractivity contribution in [3.63, 3.8) is 0 Å². The fourth-order valence-corrected chi connectivity index (χ4v) is 1.64. The van der Waals surface area contributed by atoms with Crippen molar-refractivity contribution < 1.29 is 0 Å². The van der Waals surface area contributed by atoms with Crippen LogP contribution in [0, 0.1) is 6.92 Å². The first-order valence-electron chi connectivity index (χ1n) is 5.12. The molecule has 0 heteroatoms. The van der Waals surface area contributed by atoms with Crippen LogP contribution >= 0.6 is 0 Å². The molecule has 0 spiro atoms. The molecule has 0 unspecified atom stereocenters. The maximum atomic E-state index is 2.35. The van der Waals surface area contributed by atoms with E-state index < -0.39 is 0 Å². The van der Waals surface area contributed by atoms with E-state index in [2.05, 4.69) is 52.8 Å². The van der Waals surface area contributed by atoms with E-state index in [0.717, 1.165) is 0 Å². The average Bonchev–Trinajstić information content (AvgIpc) is 2.04. The Morgan fingerprint density at radius 1 is 0.923 bits per heavy atom. The Labute approximate surface area is 82.0 Å². The molecule has 0 heterocycles. The molecule has 0 aliphatic rings. The summed E-state index contributed by atoms with van der Waals surface area (Å²) in [5.74, 6) is 1.27. The van der Waals surface area contributed by atoms with Crippen molar-refractivity contribution in [2.75, 3.05) is 0 Å². The number of hydrogen-bond acceptors (Lipinski definition) is 0. The van der Waals surface area contributed by atoms with Gasteiger partial charge in [0.25, 0.3) is 0 Å². The van der Waals surface area contributed by atoms with E-state index in [1.807, 2.05) is 0 Å². The van der Waals surface area contributed by atoms with E-state index >= 15 is 0 Å². The highest BCUT2D eigenvalue weighted by molar-refractivity contribution is 5.34. The fraction of sp³-hybridized carbons (Fsp3) is 0.538. The molecule has 0 N–H and O–H groups in total. The molecular formula is C13H20. The van der Waals surface area contributed by atoms with Crippen LogP contribution < -0.4 is 0 Å². The van der Waals surface area contributed by atoms with Gasteiger partial charge in [0.2, 0.25) is 0 Å². The summed E-state index contributed by atoms with van der Waals surface area (Å²) in [4.78, 5) is 0. The first-order chi connectivity index (χ1) is 6.02. The lowest BCUT2D eigenvalue weighted by atomic mass is 9.92. The normalized spacial score (nSPS) is 11.3. The lowest BCUT2D eigenvalue weighted by molar-refractivity contribution is 0.827. The van der Waals surface area contributed by atoms with Crippen molar-refractivity contribution in [2.24, 2.45) is 0 Å². The molecule has 1 aromatic rings. The second kappa shape index (κ2) is 3.95. The van der Waals surface area contributed by atoms with Gasteiger partial charge in [0.05, 0.1) is 0 Å². The Balaban J connectivity index is 3.11. The predicted octanol–water partition coefficient (Wildman–Crippen LogP) is 4.24. The molecule has 1 aromatic carbocycles. The molecule has 1 rings (SSSR count). The maximum absolute atomic E-state index is 2.35. The largest absolute Gasteiger partial charge is 0.0588 e. The van der Waals surface area contributed by atoms with Crippen LogP contribution in [0.1, 0.15) is 56.2 Å². The molecule has 0 saturated heterocycles. The van der Waals surface area contributed by atoms with Gasteiger partial charge < -0.3 is 0 Å². The molecule has 0 radical (unpaired) electrons. The smallest absolute Gasteiger partial charge is 0.0216 e. The van der Waals surface area contributed by atoms with E-state index in [1.54, 1.807) is 0 Å². The topological polar surface area (TPSA) is 0 Å². The summed E-state index contributed by atoms with van der Waals surface area (Å²) in [5.41, 5.74) is 4.36. The fourth-order valence-electron chi connectivity index (χ4n) is 1.64. The summed E-state index contributed by atoms with van der Waals surface area (Å²) >= 11 is 0. The summed E-state index contributed by atoms with van der Waals surface area (Å²) in [5, 5.41) is 0. The third kappa shape index (κ3) is 2.33. The maximum Gasteiger partial charge on any atom is -0.0216 e. The summed E-state index contributed by atoms with van der Waals surface area (Å²) in [6.07, 6.45) is 0. The summed E-state index contributed by atoms with van der Waals surface area (Å²) in [7, 11) is 0. The van der Waals surface area contributed by atoms with Gasteiger partial charge in [-0.3, -0.25) is 0 Å². The molecule has 0 aromatic heterocycles. The Bertz CT molecular complexity index is 282. The molecule has 13 heavy (non-hydrogen) atoms. The molecule has 0 bridgehead atoms. The zero-order chi connectivity index (χ0) is 10.0. The molecule has 72 valence electrons. The van der Waals surface area contributed by atoms with Crippen molar-refractivity contribution in [3.8, 4) is 0 Å².